The van der Waals surface area contributed by atoms with Crippen molar-refractivity contribution in [1.82, 2.24) is 9.97 Å². The highest BCUT2D eigenvalue weighted by Crippen LogP contribution is 2.31. The summed E-state index contributed by atoms with van der Waals surface area (Å²) in [5, 5.41) is 9.91. The number of ether oxygens (including phenoxy) is 3. The number of fused-ring (bicyclic) bond motifs is 1. The lowest BCUT2D eigenvalue weighted by Gasteiger charge is -2.13. The maximum absolute atomic E-state index is 9.91. The molecule has 0 atom stereocenters. The van der Waals surface area contributed by atoms with Crippen molar-refractivity contribution in [3.05, 3.63) is 88.7 Å². The molecule has 0 bridgehead atoms. The van der Waals surface area contributed by atoms with Gasteiger partial charge >= 0.3 is 0 Å². The third kappa shape index (κ3) is 4.94. The first-order chi connectivity index (χ1) is 16.5. The van der Waals surface area contributed by atoms with Gasteiger partial charge in [0.25, 0.3) is 0 Å². The van der Waals surface area contributed by atoms with E-state index in [1.807, 2.05) is 54.6 Å². The molecule has 0 amide bonds. The largest absolute Gasteiger partial charge is 0.497 e. The zero-order valence-electron chi connectivity index (χ0n) is 19.8. The molecule has 3 aromatic carbocycles. The van der Waals surface area contributed by atoms with Crippen LogP contribution in [0.1, 0.15) is 47.7 Å². The van der Waals surface area contributed by atoms with Gasteiger partial charge in [0.1, 0.15) is 23.9 Å². The highest BCUT2D eigenvalue weighted by Gasteiger charge is 2.14. The van der Waals surface area contributed by atoms with Crippen molar-refractivity contribution < 1.29 is 14.2 Å². The van der Waals surface area contributed by atoms with Crippen LogP contribution in [0.3, 0.4) is 0 Å². The summed E-state index contributed by atoms with van der Waals surface area (Å²) in [6.07, 6.45) is 2.35. The second kappa shape index (κ2) is 10.2. The van der Waals surface area contributed by atoms with Crippen molar-refractivity contribution in [3.8, 4) is 23.3 Å². The van der Waals surface area contributed by atoms with E-state index in [1.165, 1.54) is 0 Å². The quantitative estimate of drug-likeness (QED) is 0.335. The predicted octanol–water partition coefficient (Wildman–Crippen LogP) is 5.81. The second-order valence-corrected chi connectivity index (χ2v) is 8.33. The van der Waals surface area contributed by atoms with Crippen molar-refractivity contribution in [3.63, 3.8) is 0 Å². The highest BCUT2D eigenvalue weighted by atomic mass is 16.5. The molecule has 0 aliphatic carbocycles. The Morgan fingerprint density at radius 2 is 1.68 bits per heavy atom. The molecule has 4 rings (SSSR count). The van der Waals surface area contributed by atoms with Gasteiger partial charge in [-0.05, 0) is 59.4 Å². The van der Waals surface area contributed by atoms with E-state index in [0.29, 0.717) is 35.6 Å². The van der Waals surface area contributed by atoms with Crippen molar-refractivity contribution >= 4 is 11.0 Å². The van der Waals surface area contributed by atoms with Crippen LogP contribution in [0.5, 0.6) is 17.2 Å². The van der Waals surface area contributed by atoms with Crippen molar-refractivity contribution in [2.24, 2.45) is 0 Å². The highest BCUT2D eigenvalue weighted by molar-refractivity contribution is 5.82. The van der Waals surface area contributed by atoms with E-state index in [1.54, 1.807) is 20.4 Å². The Labute approximate surface area is 199 Å². The van der Waals surface area contributed by atoms with Crippen LogP contribution in [0, 0.1) is 11.3 Å². The summed E-state index contributed by atoms with van der Waals surface area (Å²) in [5.74, 6) is 2.35. The molecule has 0 radical (unpaired) electrons. The monoisotopic (exact) mass is 453 g/mol. The number of nitriles is 1. The van der Waals surface area contributed by atoms with Crippen LogP contribution in [-0.2, 0) is 13.0 Å². The van der Waals surface area contributed by atoms with E-state index in [-0.39, 0.29) is 5.92 Å². The third-order valence-corrected chi connectivity index (χ3v) is 5.70. The summed E-state index contributed by atoms with van der Waals surface area (Å²) in [4.78, 5) is 9.22. The Morgan fingerprint density at radius 1 is 0.912 bits per heavy atom. The number of methoxy groups -OCH3 is 2. The average molecular weight is 454 g/mol. The molecule has 0 N–H and O–H groups in total. The fourth-order valence-corrected chi connectivity index (χ4v) is 3.73. The minimum absolute atomic E-state index is 0.238. The molecule has 6 heteroatoms. The molecular weight excluding hydrogens is 426 g/mol. The Morgan fingerprint density at radius 3 is 2.35 bits per heavy atom. The summed E-state index contributed by atoms with van der Waals surface area (Å²) >= 11 is 0. The molecule has 1 aromatic heterocycles. The first kappa shape index (κ1) is 23.1. The van der Waals surface area contributed by atoms with Crippen molar-refractivity contribution in [1.29, 1.82) is 5.26 Å². The minimum atomic E-state index is 0.238. The van der Waals surface area contributed by atoms with E-state index in [0.717, 1.165) is 33.7 Å². The van der Waals surface area contributed by atoms with Gasteiger partial charge in [0.2, 0.25) is 0 Å². The number of nitrogens with zero attached hydrogens (tertiary/aromatic N) is 3. The van der Waals surface area contributed by atoms with Gasteiger partial charge in [-0.1, -0.05) is 38.1 Å². The second-order valence-electron chi connectivity index (χ2n) is 8.33. The molecule has 0 saturated heterocycles. The summed E-state index contributed by atoms with van der Waals surface area (Å²) < 4.78 is 16.8. The van der Waals surface area contributed by atoms with E-state index in [9.17, 15) is 5.26 Å². The first-order valence-corrected chi connectivity index (χ1v) is 11.1. The van der Waals surface area contributed by atoms with Gasteiger partial charge in [0.15, 0.2) is 11.5 Å². The van der Waals surface area contributed by atoms with Crippen LogP contribution in [0.2, 0.25) is 0 Å². The number of rotatable bonds is 8. The number of hydrogen-bond acceptors (Lipinski definition) is 6. The summed E-state index contributed by atoms with van der Waals surface area (Å²) in [7, 11) is 3.27. The minimum Gasteiger partial charge on any atom is -0.497 e. The molecule has 4 aromatic rings. The molecule has 34 heavy (non-hydrogen) atoms. The smallest absolute Gasteiger partial charge is 0.161 e. The molecule has 172 valence electrons. The Bertz CT molecular complexity index is 1340. The van der Waals surface area contributed by atoms with E-state index >= 15 is 0 Å². The number of aromatic nitrogens is 2. The third-order valence-electron chi connectivity index (χ3n) is 5.70. The maximum atomic E-state index is 9.91. The molecular formula is C28H27N3O3. The van der Waals surface area contributed by atoms with Crippen LogP contribution in [0.15, 0.2) is 60.8 Å². The van der Waals surface area contributed by atoms with Gasteiger partial charge in [-0.2, -0.15) is 5.26 Å². The van der Waals surface area contributed by atoms with Gasteiger partial charge in [0, 0.05) is 6.20 Å². The molecule has 6 nitrogen and oxygen atoms in total. The Balaban J connectivity index is 1.57. The Kier molecular flexibility index (Phi) is 6.93. The average Bonchev–Trinajstić information content (AvgIpc) is 2.87. The van der Waals surface area contributed by atoms with Crippen LogP contribution >= 0.6 is 0 Å². The lowest BCUT2D eigenvalue weighted by atomic mass is 9.98. The van der Waals surface area contributed by atoms with Gasteiger partial charge in [0.05, 0.1) is 31.0 Å². The molecule has 0 fully saturated rings. The number of hydrogen-bond donors (Lipinski definition) is 0. The lowest BCUT2D eigenvalue weighted by Crippen LogP contribution is -2.01. The molecule has 0 unspecified atom stereocenters. The Hall–Kier alpha value is -4.11. The molecule has 0 spiro atoms. The van der Waals surface area contributed by atoms with Crippen LogP contribution in [0.4, 0.5) is 0 Å². The topological polar surface area (TPSA) is 77.3 Å². The summed E-state index contributed by atoms with van der Waals surface area (Å²) in [6.45, 7) is 4.55. The van der Waals surface area contributed by atoms with Gasteiger partial charge < -0.3 is 14.2 Å². The number of benzene rings is 3. The van der Waals surface area contributed by atoms with Gasteiger partial charge in [-0.15, -0.1) is 0 Å². The standard InChI is InChI=1S/C28H27N3O3/c1-18(2)25-16-30-24-11-8-21(23(15-29)28(24)31-25)13-20-7-12-26(27(14-20)33-4)34-17-19-5-9-22(32-3)10-6-19/h5-12,14,16,18H,13,17H2,1-4H3. The van der Waals surface area contributed by atoms with Crippen LogP contribution in [0.25, 0.3) is 11.0 Å². The van der Waals surface area contributed by atoms with Crippen molar-refractivity contribution in [2.75, 3.05) is 14.2 Å². The first-order valence-electron chi connectivity index (χ1n) is 11.1. The summed E-state index contributed by atoms with van der Waals surface area (Å²) in [5.41, 5.74) is 5.76. The van der Waals surface area contributed by atoms with Crippen molar-refractivity contribution in [2.45, 2.75) is 32.8 Å². The van der Waals surface area contributed by atoms with Crippen LogP contribution in [-0.4, -0.2) is 24.2 Å². The lowest BCUT2D eigenvalue weighted by molar-refractivity contribution is 0.284. The molecule has 0 aliphatic heterocycles. The molecule has 0 saturated carbocycles. The zero-order chi connectivity index (χ0) is 24.1. The fourth-order valence-electron chi connectivity index (χ4n) is 3.73. The fraction of sp³-hybridized carbons (Fsp3) is 0.250. The van der Waals surface area contributed by atoms with Crippen LogP contribution < -0.4 is 14.2 Å². The SMILES string of the molecule is COc1ccc(COc2ccc(Cc3ccc4ncc(C(C)C)nc4c3C#N)cc2OC)cc1. The van der Waals surface area contributed by atoms with E-state index in [2.05, 4.69) is 24.9 Å². The maximum Gasteiger partial charge on any atom is 0.161 e. The predicted molar refractivity (Wildman–Crippen MR) is 131 cm³/mol. The van der Waals surface area contributed by atoms with Gasteiger partial charge in [-0.25, -0.2) is 4.98 Å². The normalized spacial score (nSPS) is 10.8. The van der Waals surface area contributed by atoms with E-state index in [4.69, 9.17) is 19.2 Å². The zero-order valence-corrected chi connectivity index (χ0v) is 19.8. The van der Waals surface area contributed by atoms with Gasteiger partial charge in [-0.3, -0.25) is 4.98 Å². The molecule has 0 aliphatic rings. The summed E-state index contributed by atoms with van der Waals surface area (Å²) in [6, 6.07) is 19.8. The molecule has 1 heterocycles. The van der Waals surface area contributed by atoms with E-state index < -0.39 is 0 Å².